The zero-order valence-electron chi connectivity index (χ0n) is 12.1. The summed E-state index contributed by atoms with van der Waals surface area (Å²) < 4.78 is 0. The number of nitrogens with one attached hydrogen (secondary N) is 2. The summed E-state index contributed by atoms with van der Waals surface area (Å²) in [6.07, 6.45) is 2.32. The number of rotatable bonds is 6. The van der Waals surface area contributed by atoms with E-state index >= 15 is 0 Å². The quantitative estimate of drug-likeness (QED) is 0.742. The number of carbonyl (C=O) groups is 1. The molecule has 1 aromatic carbocycles. The molecule has 0 spiro atoms. The van der Waals surface area contributed by atoms with Crippen molar-refractivity contribution in [2.24, 2.45) is 5.92 Å². The maximum atomic E-state index is 11.8. The first-order chi connectivity index (χ1) is 9.65. The lowest BCUT2D eigenvalue weighted by molar-refractivity contribution is -0.121. The fourth-order valence-corrected chi connectivity index (χ4v) is 2.50. The van der Waals surface area contributed by atoms with Crippen LogP contribution in [-0.4, -0.2) is 24.1 Å². The molecule has 4 nitrogen and oxygen atoms in total. The van der Waals surface area contributed by atoms with E-state index in [0.29, 0.717) is 18.9 Å². The minimum atomic E-state index is -0.446. The van der Waals surface area contributed by atoms with Crippen molar-refractivity contribution in [3.05, 3.63) is 35.4 Å². The van der Waals surface area contributed by atoms with Crippen molar-refractivity contribution in [1.82, 2.24) is 10.6 Å². The zero-order valence-corrected chi connectivity index (χ0v) is 12.1. The Morgan fingerprint density at radius 2 is 2.20 bits per heavy atom. The number of carbonyl (C=O) groups excluding carboxylic acids is 1. The average molecular weight is 276 g/mol. The maximum Gasteiger partial charge on any atom is 0.220 e. The lowest BCUT2D eigenvalue weighted by Crippen LogP contribution is -2.23. The van der Waals surface area contributed by atoms with Crippen molar-refractivity contribution in [2.75, 3.05) is 13.1 Å². The van der Waals surface area contributed by atoms with Crippen molar-refractivity contribution in [3.8, 4) is 0 Å². The molecule has 0 aromatic heterocycles. The minimum Gasteiger partial charge on any atom is -0.389 e. The third-order valence-electron chi connectivity index (χ3n) is 3.89. The molecule has 0 bridgehead atoms. The van der Waals surface area contributed by atoms with Crippen LogP contribution in [0.5, 0.6) is 0 Å². The van der Waals surface area contributed by atoms with Gasteiger partial charge in [-0.1, -0.05) is 24.3 Å². The topological polar surface area (TPSA) is 61.4 Å². The Kier molecular flexibility index (Phi) is 5.56. The first-order valence-electron chi connectivity index (χ1n) is 7.39. The van der Waals surface area contributed by atoms with Crippen LogP contribution < -0.4 is 10.6 Å². The highest BCUT2D eigenvalue weighted by Gasteiger charge is 2.15. The summed E-state index contributed by atoms with van der Waals surface area (Å²) in [5.74, 6) is 0.780. The molecule has 110 valence electrons. The third kappa shape index (κ3) is 4.62. The van der Waals surface area contributed by atoms with Gasteiger partial charge < -0.3 is 15.7 Å². The maximum absolute atomic E-state index is 11.8. The fourth-order valence-electron chi connectivity index (χ4n) is 2.50. The molecular formula is C16H24N2O2. The van der Waals surface area contributed by atoms with Gasteiger partial charge in [-0.25, -0.2) is 0 Å². The molecule has 1 saturated heterocycles. The zero-order chi connectivity index (χ0) is 14.4. The van der Waals surface area contributed by atoms with E-state index in [1.54, 1.807) is 6.92 Å². The van der Waals surface area contributed by atoms with E-state index in [0.717, 1.165) is 30.6 Å². The second-order valence-corrected chi connectivity index (χ2v) is 5.59. The van der Waals surface area contributed by atoms with Crippen molar-refractivity contribution >= 4 is 5.91 Å². The first-order valence-corrected chi connectivity index (χ1v) is 7.39. The number of hydrogen-bond acceptors (Lipinski definition) is 3. The van der Waals surface area contributed by atoms with Gasteiger partial charge in [-0.2, -0.15) is 0 Å². The van der Waals surface area contributed by atoms with Crippen LogP contribution in [0.15, 0.2) is 24.3 Å². The van der Waals surface area contributed by atoms with E-state index in [-0.39, 0.29) is 5.91 Å². The summed E-state index contributed by atoms with van der Waals surface area (Å²) in [6, 6.07) is 7.69. The molecule has 1 fully saturated rings. The normalized spacial score (nSPS) is 19.8. The van der Waals surface area contributed by atoms with Crippen molar-refractivity contribution in [3.63, 3.8) is 0 Å². The number of aliphatic hydroxyl groups is 1. The van der Waals surface area contributed by atoms with Gasteiger partial charge in [0.25, 0.3) is 0 Å². The summed E-state index contributed by atoms with van der Waals surface area (Å²) in [4.78, 5) is 11.8. The highest BCUT2D eigenvalue weighted by atomic mass is 16.3. The minimum absolute atomic E-state index is 0.122. The molecule has 2 unspecified atom stereocenters. The number of benzene rings is 1. The summed E-state index contributed by atoms with van der Waals surface area (Å²) in [5.41, 5.74) is 1.96. The Balaban J connectivity index is 1.69. The summed E-state index contributed by atoms with van der Waals surface area (Å²) >= 11 is 0. The molecule has 1 aromatic rings. The van der Waals surface area contributed by atoms with Crippen LogP contribution in [0.3, 0.4) is 0 Å². The Bertz CT molecular complexity index is 423. The molecule has 3 N–H and O–H groups in total. The van der Waals surface area contributed by atoms with Crippen molar-refractivity contribution < 1.29 is 9.90 Å². The summed E-state index contributed by atoms with van der Waals surface area (Å²) in [5, 5.41) is 15.7. The third-order valence-corrected chi connectivity index (χ3v) is 3.89. The molecule has 1 aliphatic heterocycles. The molecular weight excluding hydrogens is 252 g/mol. The van der Waals surface area contributed by atoms with Crippen LogP contribution >= 0.6 is 0 Å². The second-order valence-electron chi connectivity index (χ2n) is 5.59. The van der Waals surface area contributed by atoms with E-state index in [1.807, 2.05) is 24.3 Å². The van der Waals surface area contributed by atoms with Gasteiger partial charge in [0.1, 0.15) is 0 Å². The van der Waals surface area contributed by atoms with Gasteiger partial charge in [-0.15, -0.1) is 0 Å². The van der Waals surface area contributed by atoms with E-state index in [9.17, 15) is 9.90 Å². The van der Waals surface area contributed by atoms with E-state index in [2.05, 4.69) is 10.6 Å². The molecule has 0 radical (unpaired) electrons. The van der Waals surface area contributed by atoms with Crippen LogP contribution in [-0.2, 0) is 11.3 Å². The lowest BCUT2D eigenvalue weighted by atomic mass is 10.0. The van der Waals surface area contributed by atoms with Gasteiger partial charge in [0.15, 0.2) is 0 Å². The van der Waals surface area contributed by atoms with Gasteiger partial charge in [0.2, 0.25) is 5.91 Å². The van der Waals surface area contributed by atoms with Gasteiger partial charge in [0, 0.05) is 13.0 Å². The van der Waals surface area contributed by atoms with E-state index in [1.165, 1.54) is 6.42 Å². The molecule has 2 atom stereocenters. The molecule has 0 aliphatic carbocycles. The number of hydrogen-bond donors (Lipinski definition) is 3. The van der Waals surface area contributed by atoms with Gasteiger partial charge in [-0.3, -0.25) is 4.79 Å². The smallest absolute Gasteiger partial charge is 0.220 e. The Hall–Kier alpha value is -1.39. The molecule has 0 saturated carbocycles. The summed E-state index contributed by atoms with van der Waals surface area (Å²) in [7, 11) is 0. The number of aliphatic hydroxyl groups excluding tert-OH is 1. The fraction of sp³-hybridized carbons (Fsp3) is 0.562. The molecule has 2 rings (SSSR count). The van der Waals surface area contributed by atoms with Crippen LogP contribution in [0.4, 0.5) is 0 Å². The lowest BCUT2D eigenvalue weighted by Gasteiger charge is -2.09. The van der Waals surface area contributed by atoms with Crippen LogP contribution in [0.1, 0.15) is 43.4 Å². The Morgan fingerprint density at radius 3 is 2.80 bits per heavy atom. The van der Waals surface area contributed by atoms with Crippen molar-refractivity contribution in [2.45, 2.75) is 38.8 Å². The predicted octanol–water partition coefficient (Wildman–Crippen LogP) is 1.75. The summed E-state index contributed by atoms with van der Waals surface area (Å²) in [6.45, 7) is 4.44. The largest absolute Gasteiger partial charge is 0.389 e. The van der Waals surface area contributed by atoms with Gasteiger partial charge >= 0.3 is 0 Å². The van der Waals surface area contributed by atoms with E-state index in [4.69, 9.17) is 0 Å². The highest BCUT2D eigenvalue weighted by molar-refractivity contribution is 5.75. The number of amides is 1. The van der Waals surface area contributed by atoms with Crippen LogP contribution in [0, 0.1) is 5.92 Å². The molecule has 1 amide bonds. The molecule has 4 heteroatoms. The van der Waals surface area contributed by atoms with Gasteiger partial charge in [-0.05, 0) is 49.9 Å². The average Bonchev–Trinajstić information content (AvgIpc) is 2.96. The Morgan fingerprint density at radius 1 is 1.45 bits per heavy atom. The second kappa shape index (κ2) is 7.41. The first kappa shape index (κ1) is 15.0. The monoisotopic (exact) mass is 276 g/mol. The highest BCUT2D eigenvalue weighted by Crippen LogP contribution is 2.14. The van der Waals surface area contributed by atoms with E-state index < -0.39 is 6.10 Å². The molecule has 20 heavy (non-hydrogen) atoms. The van der Waals surface area contributed by atoms with Crippen LogP contribution in [0.25, 0.3) is 0 Å². The molecule has 1 aliphatic rings. The molecule has 1 heterocycles. The SMILES string of the molecule is CC(O)c1ccc(CNC(=O)CCC2CCNC2)cc1. The van der Waals surface area contributed by atoms with Gasteiger partial charge in [0.05, 0.1) is 6.10 Å². The predicted molar refractivity (Wildman–Crippen MR) is 79.1 cm³/mol. The standard InChI is InChI=1S/C16H24N2O2/c1-12(19)15-5-2-13(3-6-15)11-18-16(20)7-4-14-8-9-17-10-14/h2-3,5-6,12,14,17,19H,4,7-11H2,1H3,(H,18,20). The Labute approximate surface area is 120 Å². The van der Waals surface area contributed by atoms with Crippen LogP contribution in [0.2, 0.25) is 0 Å². The van der Waals surface area contributed by atoms with Crippen molar-refractivity contribution in [1.29, 1.82) is 0 Å².